The molecule has 2 fully saturated rings. The summed E-state index contributed by atoms with van der Waals surface area (Å²) < 4.78 is 5.34. The van der Waals surface area contributed by atoms with Gasteiger partial charge in [-0.3, -0.25) is 0 Å². The molecule has 2 aliphatic rings. The molecule has 0 aromatic carbocycles. The molecule has 0 atom stereocenters. The standard InChI is InChI=1S/C14H21N5O/c15-14(18-12-2-3-12)17-10-11-1-4-13(16-9-11)19-5-7-20-8-6-19/h1,4,9,12H,2-3,5-8,10H2,(H3,15,17,18). The number of anilines is 1. The van der Waals surface area contributed by atoms with Crippen molar-refractivity contribution in [2.24, 2.45) is 10.7 Å². The van der Waals surface area contributed by atoms with Gasteiger partial charge in [0.15, 0.2) is 5.96 Å². The van der Waals surface area contributed by atoms with E-state index in [1.54, 1.807) is 0 Å². The number of hydrogen-bond donors (Lipinski definition) is 2. The highest BCUT2D eigenvalue weighted by Crippen LogP contribution is 2.18. The summed E-state index contributed by atoms with van der Waals surface area (Å²) in [7, 11) is 0. The number of aromatic nitrogens is 1. The van der Waals surface area contributed by atoms with E-state index >= 15 is 0 Å². The van der Waals surface area contributed by atoms with Gasteiger partial charge in [0.25, 0.3) is 0 Å². The third-order valence-corrected chi connectivity index (χ3v) is 3.51. The van der Waals surface area contributed by atoms with Gasteiger partial charge in [0.2, 0.25) is 0 Å². The zero-order valence-electron chi connectivity index (χ0n) is 11.6. The van der Waals surface area contributed by atoms with Crippen LogP contribution in [-0.2, 0) is 11.3 Å². The number of nitrogens with two attached hydrogens (primary N) is 1. The lowest BCUT2D eigenvalue weighted by molar-refractivity contribution is 0.122. The van der Waals surface area contributed by atoms with Crippen LogP contribution >= 0.6 is 0 Å². The normalized spacial score (nSPS) is 20.0. The molecule has 3 N–H and O–H groups in total. The van der Waals surface area contributed by atoms with Crippen molar-refractivity contribution in [2.75, 3.05) is 31.2 Å². The van der Waals surface area contributed by atoms with E-state index in [-0.39, 0.29) is 0 Å². The van der Waals surface area contributed by atoms with Gasteiger partial charge in [-0.15, -0.1) is 0 Å². The van der Waals surface area contributed by atoms with Crippen molar-refractivity contribution in [1.82, 2.24) is 10.3 Å². The van der Waals surface area contributed by atoms with Crippen LogP contribution in [0.2, 0.25) is 0 Å². The van der Waals surface area contributed by atoms with Crippen LogP contribution in [0.4, 0.5) is 5.82 Å². The topological polar surface area (TPSA) is 75.8 Å². The fourth-order valence-electron chi connectivity index (χ4n) is 2.15. The number of rotatable bonds is 4. The maximum atomic E-state index is 5.81. The van der Waals surface area contributed by atoms with E-state index in [1.807, 2.05) is 12.3 Å². The third kappa shape index (κ3) is 3.60. The number of aliphatic imine (C=N–C) groups is 1. The molecule has 108 valence electrons. The Hall–Kier alpha value is -1.82. The van der Waals surface area contributed by atoms with E-state index in [4.69, 9.17) is 10.5 Å². The smallest absolute Gasteiger partial charge is 0.189 e. The summed E-state index contributed by atoms with van der Waals surface area (Å²) in [4.78, 5) is 11.1. The van der Waals surface area contributed by atoms with Gasteiger partial charge >= 0.3 is 0 Å². The molecule has 1 aliphatic carbocycles. The van der Waals surface area contributed by atoms with Crippen molar-refractivity contribution in [2.45, 2.75) is 25.4 Å². The number of guanidine groups is 1. The van der Waals surface area contributed by atoms with Crippen molar-refractivity contribution in [3.8, 4) is 0 Å². The first kappa shape index (κ1) is 13.2. The SMILES string of the molecule is NC(=NCc1ccc(N2CCOCC2)nc1)NC1CC1. The van der Waals surface area contributed by atoms with Crippen molar-refractivity contribution < 1.29 is 4.74 Å². The Morgan fingerprint density at radius 3 is 2.85 bits per heavy atom. The molecule has 0 spiro atoms. The van der Waals surface area contributed by atoms with Gasteiger partial charge in [-0.1, -0.05) is 6.07 Å². The molecule has 6 heteroatoms. The maximum absolute atomic E-state index is 5.81. The second kappa shape index (κ2) is 6.09. The van der Waals surface area contributed by atoms with Crippen molar-refractivity contribution >= 4 is 11.8 Å². The molecule has 0 unspecified atom stereocenters. The number of nitrogens with one attached hydrogen (secondary N) is 1. The Balaban J connectivity index is 1.54. The molecule has 20 heavy (non-hydrogen) atoms. The van der Waals surface area contributed by atoms with Gasteiger partial charge in [0.05, 0.1) is 19.8 Å². The molecular formula is C14H21N5O. The largest absolute Gasteiger partial charge is 0.378 e. The van der Waals surface area contributed by atoms with Crippen LogP contribution in [-0.4, -0.2) is 43.3 Å². The minimum absolute atomic E-state index is 0.532. The van der Waals surface area contributed by atoms with Crippen LogP contribution in [0.15, 0.2) is 23.3 Å². The summed E-state index contributed by atoms with van der Waals surface area (Å²) in [5, 5.41) is 3.17. The summed E-state index contributed by atoms with van der Waals surface area (Å²) in [6.07, 6.45) is 4.27. The van der Waals surface area contributed by atoms with E-state index in [9.17, 15) is 0 Å². The van der Waals surface area contributed by atoms with Crippen LogP contribution < -0.4 is 16.0 Å². The second-order valence-electron chi connectivity index (χ2n) is 5.24. The summed E-state index contributed by atoms with van der Waals surface area (Å²) in [5.41, 5.74) is 6.88. The zero-order valence-corrected chi connectivity index (χ0v) is 11.6. The minimum Gasteiger partial charge on any atom is -0.378 e. The van der Waals surface area contributed by atoms with Crippen LogP contribution in [0.5, 0.6) is 0 Å². The molecule has 1 aromatic heterocycles. The summed E-state index contributed by atoms with van der Waals surface area (Å²) in [6.45, 7) is 3.93. The Kier molecular flexibility index (Phi) is 4.01. The number of morpholine rings is 1. The van der Waals surface area contributed by atoms with E-state index in [0.29, 0.717) is 18.5 Å². The highest BCUT2D eigenvalue weighted by molar-refractivity contribution is 5.78. The quantitative estimate of drug-likeness (QED) is 0.617. The first-order chi connectivity index (χ1) is 9.81. The minimum atomic E-state index is 0.532. The van der Waals surface area contributed by atoms with Crippen LogP contribution in [0, 0.1) is 0 Å². The number of nitrogens with zero attached hydrogens (tertiary/aromatic N) is 3. The van der Waals surface area contributed by atoms with Gasteiger partial charge in [-0.2, -0.15) is 0 Å². The van der Waals surface area contributed by atoms with E-state index in [0.717, 1.165) is 37.7 Å². The second-order valence-corrected chi connectivity index (χ2v) is 5.24. The van der Waals surface area contributed by atoms with Gasteiger partial charge in [-0.25, -0.2) is 9.98 Å². The van der Waals surface area contributed by atoms with Crippen LogP contribution in [0.25, 0.3) is 0 Å². The molecule has 3 rings (SSSR count). The number of ether oxygens (including phenoxy) is 1. The molecule has 1 saturated heterocycles. The van der Waals surface area contributed by atoms with E-state index in [1.165, 1.54) is 12.8 Å². The fraction of sp³-hybridized carbons (Fsp3) is 0.571. The highest BCUT2D eigenvalue weighted by atomic mass is 16.5. The molecular weight excluding hydrogens is 254 g/mol. The van der Waals surface area contributed by atoms with Gasteiger partial charge in [0, 0.05) is 25.3 Å². The van der Waals surface area contributed by atoms with Gasteiger partial charge < -0.3 is 20.7 Å². The van der Waals surface area contributed by atoms with Gasteiger partial charge in [0.1, 0.15) is 5.82 Å². The zero-order chi connectivity index (χ0) is 13.8. The van der Waals surface area contributed by atoms with Crippen LogP contribution in [0.1, 0.15) is 18.4 Å². The Labute approximate surface area is 119 Å². The molecule has 1 aliphatic heterocycles. The molecule has 1 aromatic rings. The molecule has 6 nitrogen and oxygen atoms in total. The Morgan fingerprint density at radius 2 is 2.20 bits per heavy atom. The van der Waals surface area contributed by atoms with E-state index < -0.39 is 0 Å². The van der Waals surface area contributed by atoms with Crippen molar-refractivity contribution in [3.05, 3.63) is 23.9 Å². The Morgan fingerprint density at radius 1 is 1.40 bits per heavy atom. The fourth-order valence-corrected chi connectivity index (χ4v) is 2.15. The first-order valence-electron chi connectivity index (χ1n) is 7.15. The van der Waals surface area contributed by atoms with E-state index in [2.05, 4.69) is 26.3 Å². The lowest BCUT2D eigenvalue weighted by atomic mass is 10.2. The predicted octanol–water partition coefficient (Wildman–Crippen LogP) is 0.485. The molecule has 0 radical (unpaired) electrons. The summed E-state index contributed by atoms with van der Waals surface area (Å²) >= 11 is 0. The molecule has 2 heterocycles. The molecule has 0 amide bonds. The lowest BCUT2D eigenvalue weighted by Crippen LogP contribution is -2.36. The Bertz CT molecular complexity index is 463. The maximum Gasteiger partial charge on any atom is 0.189 e. The van der Waals surface area contributed by atoms with Crippen LogP contribution in [0.3, 0.4) is 0 Å². The monoisotopic (exact) mass is 275 g/mol. The third-order valence-electron chi connectivity index (χ3n) is 3.51. The van der Waals surface area contributed by atoms with Crippen molar-refractivity contribution in [3.63, 3.8) is 0 Å². The summed E-state index contributed by atoms with van der Waals surface area (Å²) in [6, 6.07) is 4.65. The predicted molar refractivity (Wildman–Crippen MR) is 78.8 cm³/mol. The molecule has 0 bridgehead atoms. The highest BCUT2D eigenvalue weighted by Gasteiger charge is 2.21. The lowest BCUT2D eigenvalue weighted by Gasteiger charge is -2.27. The average molecular weight is 275 g/mol. The van der Waals surface area contributed by atoms with Crippen molar-refractivity contribution in [1.29, 1.82) is 0 Å². The molecule has 1 saturated carbocycles. The number of pyridine rings is 1. The number of hydrogen-bond acceptors (Lipinski definition) is 4. The van der Waals surface area contributed by atoms with Gasteiger partial charge in [-0.05, 0) is 24.5 Å². The summed E-state index contributed by atoms with van der Waals surface area (Å²) in [5.74, 6) is 1.54. The first-order valence-corrected chi connectivity index (χ1v) is 7.15. The average Bonchev–Trinajstić information content (AvgIpc) is 3.31.